The van der Waals surface area contributed by atoms with Gasteiger partial charge in [-0.1, -0.05) is 13.0 Å². The van der Waals surface area contributed by atoms with Crippen molar-refractivity contribution < 1.29 is 23.1 Å². The second kappa shape index (κ2) is 7.31. The standard InChI is InChI=1S/C16H22N2O5S/c1-3-9-24(22,23)18-8-4-5-14(18)15(19)17-13-10-12(16(20)21)7-6-11(13)2/h6-7,10,14H,3-5,8-9H2,1-2H3,(H,17,19)(H,20,21). The average Bonchev–Trinajstić information content (AvgIpc) is 2.99. The van der Waals surface area contributed by atoms with E-state index >= 15 is 0 Å². The SMILES string of the molecule is CCCS(=O)(=O)N1CCCC1C(=O)Nc1cc(C(=O)O)ccc1C. The van der Waals surface area contributed by atoms with Gasteiger partial charge in [-0.3, -0.25) is 4.79 Å². The van der Waals surface area contributed by atoms with E-state index in [-0.39, 0.29) is 11.3 Å². The van der Waals surface area contributed by atoms with Crippen LogP contribution in [0.3, 0.4) is 0 Å². The number of carbonyl (C=O) groups excluding carboxylic acids is 1. The lowest BCUT2D eigenvalue weighted by molar-refractivity contribution is -0.119. The van der Waals surface area contributed by atoms with Crippen LogP contribution in [0.4, 0.5) is 5.69 Å². The van der Waals surface area contributed by atoms with Crippen molar-refractivity contribution in [3.8, 4) is 0 Å². The van der Waals surface area contributed by atoms with E-state index in [1.807, 2.05) is 0 Å². The lowest BCUT2D eigenvalue weighted by Gasteiger charge is -2.23. The van der Waals surface area contributed by atoms with Crippen LogP contribution in [0.1, 0.15) is 42.1 Å². The summed E-state index contributed by atoms with van der Waals surface area (Å²) >= 11 is 0. The molecule has 7 nitrogen and oxygen atoms in total. The first-order valence-corrected chi connectivity index (χ1v) is 9.51. The molecule has 0 bridgehead atoms. The van der Waals surface area contributed by atoms with Gasteiger partial charge in [-0.25, -0.2) is 13.2 Å². The van der Waals surface area contributed by atoms with E-state index in [0.29, 0.717) is 37.1 Å². The Hall–Kier alpha value is -1.93. The maximum atomic E-state index is 12.5. The third-order valence-electron chi connectivity index (χ3n) is 4.07. The van der Waals surface area contributed by atoms with Gasteiger partial charge >= 0.3 is 5.97 Å². The number of nitrogens with one attached hydrogen (secondary N) is 1. The molecular formula is C16H22N2O5S. The highest BCUT2D eigenvalue weighted by Gasteiger charge is 2.38. The zero-order valence-electron chi connectivity index (χ0n) is 13.8. The Labute approximate surface area is 141 Å². The van der Waals surface area contributed by atoms with Crippen molar-refractivity contribution in [3.63, 3.8) is 0 Å². The van der Waals surface area contributed by atoms with Gasteiger partial charge in [0.25, 0.3) is 0 Å². The lowest BCUT2D eigenvalue weighted by atomic mass is 10.1. The number of aryl methyl sites for hydroxylation is 1. The van der Waals surface area contributed by atoms with Gasteiger partial charge in [0.05, 0.1) is 11.3 Å². The summed E-state index contributed by atoms with van der Waals surface area (Å²) in [7, 11) is -3.45. The number of benzene rings is 1. The van der Waals surface area contributed by atoms with Crippen molar-refractivity contribution in [1.82, 2.24) is 4.31 Å². The Morgan fingerprint density at radius 1 is 1.38 bits per heavy atom. The largest absolute Gasteiger partial charge is 0.478 e. The van der Waals surface area contributed by atoms with Crippen molar-refractivity contribution in [2.75, 3.05) is 17.6 Å². The molecule has 1 aliphatic heterocycles. The summed E-state index contributed by atoms with van der Waals surface area (Å²) in [4.78, 5) is 23.6. The molecule has 1 aromatic carbocycles. The first-order valence-electron chi connectivity index (χ1n) is 7.90. The predicted octanol–water partition coefficient (Wildman–Crippen LogP) is 1.84. The molecule has 1 aliphatic rings. The van der Waals surface area contributed by atoms with E-state index in [4.69, 9.17) is 5.11 Å². The fraction of sp³-hybridized carbons (Fsp3) is 0.500. The molecule has 132 valence electrons. The number of anilines is 1. The first-order chi connectivity index (χ1) is 11.3. The Balaban J connectivity index is 2.20. The lowest BCUT2D eigenvalue weighted by Crippen LogP contribution is -2.44. The van der Waals surface area contributed by atoms with Gasteiger partial charge in [0.1, 0.15) is 6.04 Å². The molecule has 1 aromatic rings. The van der Waals surface area contributed by atoms with Crippen LogP contribution in [0.2, 0.25) is 0 Å². The quantitative estimate of drug-likeness (QED) is 0.811. The number of carbonyl (C=O) groups is 2. The molecule has 0 saturated carbocycles. The highest BCUT2D eigenvalue weighted by molar-refractivity contribution is 7.89. The average molecular weight is 354 g/mol. The molecule has 1 heterocycles. The molecule has 0 aromatic heterocycles. The molecule has 8 heteroatoms. The molecule has 2 rings (SSSR count). The summed E-state index contributed by atoms with van der Waals surface area (Å²) in [6, 6.07) is 3.71. The Morgan fingerprint density at radius 2 is 2.08 bits per heavy atom. The van der Waals surface area contributed by atoms with E-state index in [2.05, 4.69) is 5.32 Å². The summed E-state index contributed by atoms with van der Waals surface area (Å²) in [6.45, 7) is 3.87. The number of amides is 1. The molecule has 1 fully saturated rings. The van der Waals surface area contributed by atoms with Crippen molar-refractivity contribution >= 4 is 27.6 Å². The van der Waals surface area contributed by atoms with E-state index in [1.165, 1.54) is 16.4 Å². The van der Waals surface area contributed by atoms with Crippen molar-refractivity contribution in [2.24, 2.45) is 0 Å². The minimum atomic E-state index is -3.45. The van der Waals surface area contributed by atoms with Crippen LogP contribution in [0.25, 0.3) is 0 Å². The zero-order valence-corrected chi connectivity index (χ0v) is 14.6. The monoisotopic (exact) mass is 354 g/mol. The summed E-state index contributed by atoms with van der Waals surface area (Å²) < 4.78 is 25.8. The third kappa shape index (κ3) is 3.93. The van der Waals surface area contributed by atoms with Crippen molar-refractivity contribution in [1.29, 1.82) is 0 Å². The fourth-order valence-corrected chi connectivity index (χ4v) is 4.56. The molecule has 1 saturated heterocycles. The number of hydrogen-bond donors (Lipinski definition) is 2. The second-order valence-corrected chi connectivity index (χ2v) is 7.95. The number of nitrogens with zero attached hydrogens (tertiary/aromatic N) is 1. The van der Waals surface area contributed by atoms with Gasteiger partial charge < -0.3 is 10.4 Å². The van der Waals surface area contributed by atoms with Gasteiger partial charge in [-0.2, -0.15) is 4.31 Å². The summed E-state index contributed by atoms with van der Waals surface area (Å²) in [5.74, 6) is -1.49. The van der Waals surface area contributed by atoms with Gasteiger partial charge in [0.2, 0.25) is 15.9 Å². The Bertz CT molecular complexity index is 745. The maximum Gasteiger partial charge on any atom is 0.335 e. The maximum absolute atomic E-state index is 12.5. The van der Waals surface area contributed by atoms with E-state index in [9.17, 15) is 18.0 Å². The molecule has 1 unspecified atom stereocenters. The minimum absolute atomic E-state index is 0.0182. The Morgan fingerprint density at radius 3 is 2.71 bits per heavy atom. The van der Waals surface area contributed by atoms with E-state index < -0.39 is 27.9 Å². The van der Waals surface area contributed by atoms with Crippen LogP contribution in [-0.4, -0.2) is 48.0 Å². The predicted molar refractivity (Wildman–Crippen MR) is 90.6 cm³/mol. The number of carboxylic acid groups (broad SMARTS) is 1. The van der Waals surface area contributed by atoms with Crippen LogP contribution in [-0.2, 0) is 14.8 Å². The number of carboxylic acids is 1. The first kappa shape index (κ1) is 18.4. The molecule has 1 amide bonds. The van der Waals surface area contributed by atoms with Crippen LogP contribution in [0.15, 0.2) is 18.2 Å². The van der Waals surface area contributed by atoms with Crippen LogP contribution >= 0.6 is 0 Å². The van der Waals surface area contributed by atoms with E-state index in [1.54, 1.807) is 19.9 Å². The minimum Gasteiger partial charge on any atom is -0.478 e. The van der Waals surface area contributed by atoms with Crippen molar-refractivity contribution in [3.05, 3.63) is 29.3 Å². The number of rotatable bonds is 6. The molecule has 2 N–H and O–H groups in total. The van der Waals surface area contributed by atoms with Gasteiger partial charge in [-0.15, -0.1) is 0 Å². The van der Waals surface area contributed by atoms with Gasteiger partial charge in [0.15, 0.2) is 0 Å². The summed E-state index contributed by atoms with van der Waals surface area (Å²) in [5.41, 5.74) is 1.17. The van der Waals surface area contributed by atoms with Crippen molar-refractivity contribution in [2.45, 2.75) is 39.2 Å². The third-order valence-corrected chi connectivity index (χ3v) is 6.14. The molecule has 0 spiro atoms. The molecule has 0 aliphatic carbocycles. The molecule has 1 atom stereocenters. The zero-order chi connectivity index (χ0) is 17.9. The molecule has 0 radical (unpaired) electrons. The van der Waals surface area contributed by atoms with Crippen LogP contribution in [0, 0.1) is 6.92 Å². The molecule has 24 heavy (non-hydrogen) atoms. The van der Waals surface area contributed by atoms with Crippen LogP contribution < -0.4 is 5.32 Å². The molecular weight excluding hydrogens is 332 g/mol. The van der Waals surface area contributed by atoms with Gasteiger partial charge in [0, 0.05) is 12.2 Å². The number of sulfonamides is 1. The topological polar surface area (TPSA) is 104 Å². The Kier molecular flexibility index (Phi) is 5.61. The number of aromatic carboxylic acids is 1. The van der Waals surface area contributed by atoms with Gasteiger partial charge in [-0.05, 0) is 43.9 Å². The summed E-state index contributed by atoms with van der Waals surface area (Å²) in [5, 5.41) is 11.7. The number of hydrogen-bond acceptors (Lipinski definition) is 4. The second-order valence-electron chi connectivity index (χ2n) is 5.91. The van der Waals surface area contributed by atoms with E-state index in [0.717, 1.165) is 0 Å². The van der Waals surface area contributed by atoms with Crippen LogP contribution in [0.5, 0.6) is 0 Å². The summed E-state index contributed by atoms with van der Waals surface area (Å²) in [6.07, 6.45) is 1.59. The smallest absolute Gasteiger partial charge is 0.335 e. The fourth-order valence-electron chi connectivity index (χ4n) is 2.82. The normalized spacial score (nSPS) is 18.5. The highest BCUT2D eigenvalue weighted by Crippen LogP contribution is 2.24. The highest BCUT2D eigenvalue weighted by atomic mass is 32.2.